The summed E-state index contributed by atoms with van der Waals surface area (Å²) >= 11 is 0. The van der Waals surface area contributed by atoms with Crippen LogP contribution >= 0.6 is 0 Å². The van der Waals surface area contributed by atoms with E-state index in [2.05, 4.69) is 0 Å². The van der Waals surface area contributed by atoms with E-state index >= 15 is 0 Å². The maximum Gasteiger partial charge on any atom is 0.329 e. The first-order valence-electron chi connectivity index (χ1n) is 8.36. The maximum absolute atomic E-state index is 12.8. The molecule has 2 aliphatic rings. The van der Waals surface area contributed by atoms with E-state index in [4.69, 9.17) is 9.47 Å². The van der Waals surface area contributed by atoms with Crippen molar-refractivity contribution in [2.24, 2.45) is 11.8 Å². The van der Waals surface area contributed by atoms with Gasteiger partial charge in [-0.15, -0.1) is 0 Å². The van der Waals surface area contributed by atoms with Crippen molar-refractivity contribution in [3.8, 4) is 0 Å². The van der Waals surface area contributed by atoms with E-state index in [1.165, 1.54) is 7.11 Å². The summed E-state index contributed by atoms with van der Waals surface area (Å²) in [7, 11) is 1.34. The number of rotatable bonds is 3. The highest BCUT2D eigenvalue weighted by molar-refractivity contribution is 5.90. The van der Waals surface area contributed by atoms with Crippen LogP contribution in [0, 0.1) is 11.8 Å². The Hall–Kier alpha value is -1.59. The fraction of sp³-hybridized carbons (Fsp3) is 0.824. The van der Waals surface area contributed by atoms with Gasteiger partial charge < -0.3 is 14.4 Å². The number of hydrogen-bond acceptors (Lipinski definition) is 5. The minimum atomic E-state index is -0.575. The first-order valence-corrected chi connectivity index (χ1v) is 8.36. The molecule has 1 saturated heterocycles. The van der Waals surface area contributed by atoms with Gasteiger partial charge in [-0.05, 0) is 52.9 Å². The Labute approximate surface area is 137 Å². The Kier molecular flexibility index (Phi) is 5.32. The second kappa shape index (κ2) is 6.89. The number of nitrogens with zero attached hydrogens (tertiary/aromatic N) is 1. The highest BCUT2D eigenvalue weighted by Crippen LogP contribution is 2.38. The highest BCUT2D eigenvalue weighted by atomic mass is 16.6. The van der Waals surface area contributed by atoms with Crippen molar-refractivity contribution in [1.29, 1.82) is 0 Å². The molecule has 130 valence electrons. The van der Waals surface area contributed by atoms with E-state index in [0.717, 1.165) is 12.8 Å². The zero-order chi connectivity index (χ0) is 17.2. The summed E-state index contributed by atoms with van der Waals surface area (Å²) in [4.78, 5) is 38.6. The van der Waals surface area contributed by atoms with Crippen molar-refractivity contribution in [3.05, 3.63) is 0 Å². The molecule has 1 aliphatic heterocycles. The lowest BCUT2D eigenvalue weighted by atomic mass is 9.72. The number of carbonyl (C=O) groups is 3. The molecule has 23 heavy (non-hydrogen) atoms. The Bertz CT molecular complexity index is 482. The lowest BCUT2D eigenvalue weighted by Gasteiger charge is -2.41. The molecule has 0 aromatic carbocycles. The monoisotopic (exact) mass is 325 g/mol. The quantitative estimate of drug-likeness (QED) is 0.741. The molecular weight excluding hydrogens is 298 g/mol. The number of likely N-dealkylation sites (tertiary alicyclic amines) is 1. The molecule has 1 aliphatic carbocycles. The zero-order valence-corrected chi connectivity index (χ0v) is 14.5. The van der Waals surface area contributed by atoms with Crippen molar-refractivity contribution in [1.82, 2.24) is 4.90 Å². The minimum Gasteiger partial charge on any atom is -0.469 e. The highest BCUT2D eigenvalue weighted by Gasteiger charge is 2.46. The summed E-state index contributed by atoms with van der Waals surface area (Å²) in [5, 5.41) is 0. The normalized spacial score (nSPS) is 27.8. The molecule has 0 bridgehead atoms. The Balaban J connectivity index is 2.07. The predicted molar refractivity (Wildman–Crippen MR) is 83.4 cm³/mol. The molecule has 0 aromatic rings. The number of piperidine rings is 1. The average molecular weight is 325 g/mol. The summed E-state index contributed by atoms with van der Waals surface area (Å²) < 4.78 is 10.2. The van der Waals surface area contributed by atoms with Crippen molar-refractivity contribution in [2.45, 2.75) is 64.5 Å². The van der Waals surface area contributed by atoms with Crippen molar-refractivity contribution in [3.63, 3.8) is 0 Å². The van der Waals surface area contributed by atoms with Gasteiger partial charge in [-0.2, -0.15) is 0 Å². The van der Waals surface area contributed by atoms with Crippen LogP contribution in [0.3, 0.4) is 0 Å². The molecule has 3 atom stereocenters. The molecule has 6 nitrogen and oxygen atoms in total. The van der Waals surface area contributed by atoms with Crippen LogP contribution in [-0.4, -0.2) is 48.0 Å². The predicted octanol–water partition coefficient (Wildman–Crippen LogP) is 1.91. The summed E-state index contributed by atoms with van der Waals surface area (Å²) in [6.45, 7) is 6.00. The first kappa shape index (κ1) is 17.8. The van der Waals surface area contributed by atoms with E-state index in [0.29, 0.717) is 25.8 Å². The van der Waals surface area contributed by atoms with Gasteiger partial charge in [0.1, 0.15) is 11.6 Å². The molecule has 0 spiro atoms. The molecule has 0 N–H and O–H groups in total. The van der Waals surface area contributed by atoms with Crippen LogP contribution in [0.15, 0.2) is 0 Å². The molecule has 0 radical (unpaired) electrons. The number of carbonyl (C=O) groups excluding carboxylic acids is 3. The standard InChI is InChI=1S/C17H27NO5/c1-17(2,3)23-16(21)13-7-5-6-10-18(13)14(19)11-8-9-12(11)15(20)22-4/h11-13H,5-10H2,1-4H3/t11-,12-,13-/m1/s1. The average Bonchev–Trinajstić information content (AvgIpc) is 2.44. The smallest absolute Gasteiger partial charge is 0.329 e. The van der Waals surface area contributed by atoms with Crippen LogP contribution in [-0.2, 0) is 23.9 Å². The Morgan fingerprint density at radius 1 is 0.957 bits per heavy atom. The molecule has 2 fully saturated rings. The SMILES string of the molecule is COC(=O)[C@@H]1CC[C@H]1C(=O)N1CCCC[C@@H]1C(=O)OC(C)(C)C. The minimum absolute atomic E-state index is 0.109. The van der Waals surface area contributed by atoms with E-state index in [-0.39, 0.29) is 29.7 Å². The zero-order valence-electron chi connectivity index (χ0n) is 14.5. The molecule has 0 aromatic heterocycles. The molecule has 1 heterocycles. The van der Waals surface area contributed by atoms with Crippen LogP contribution in [0.1, 0.15) is 52.9 Å². The molecule has 1 amide bonds. The van der Waals surface area contributed by atoms with Gasteiger partial charge in [0.2, 0.25) is 5.91 Å². The Morgan fingerprint density at radius 3 is 2.13 bits per heavy atom. The number of methoxy groups -OCH3 is 1. The van der Waals surface area contributed by atoms with Gasteiger partial charge in [0.25, 0.3) is 0 Å². The van der Waals surface area contributed by atoms with E-state index < -0.39 is 11.6 Å². The van der Waals surface area contributed by atoms with Crippen LogP contribution in [0.4, 0.5) is 0 Å². The van der Waals surface area contributed by atoms with Crippen LogP contribution < -0.4 is 0 Å². The summed E-state index contributed by atoms with van der Waals surface area (Å²) in [5.41, 5.74) is -0.575. The van der Waals surface area contributed by atoms with Crippen LogP contribution in [0.2, 0.25) is 0 Å². The second-order valence-corrected chi connectivity index (χ2v) is 7.39. The van der Waals surface area contributed by atoms with Gasteiger partial charge in [-0.25, -0.2) is 4.79 Å². The number of ether oxygens (including phenoxy) is 2. The molecule has 6 heteroatoms. The topological polar surface area (TPSA) is 72.9 Å². The Morgan fingerprint density at radius 2 is 1.61 bits per heavy atom. The van der Waals surface area contributed by atoms with Gasteiger partial charge >= 0.3 is 11.9 Å². The molecule has 1 saturated carbocycles. The molecule has 2 rings (SSSR count). The fourth-order valence-corrected chi connectivity index (χ4v) is 3.25. The van der Waals surface area contributed by atoms with Crippen molar-refractivity contribution >= 4 is 17.8 Å². The largest absolute Gasteiger partial charge is 0.469 e. The lowest BCUT2D eigenvalue weighted by molar-refractivity contribution is -0.170. The number of amides is 1. The van der Waals surface area contributed by atoms with Gasteiger partial charge in [-0.1, -0.05) is 0 Å². The van der Waals surface area contributed by atoms with Crippen molar-refractivity contribution in [2.75, 3.05) is 13.7 Å². The van der Waals surface area contributed by atoms with Gasteiger partial charge in [-0.3, -0.25) is 9.59 Å². The van der Waals surface area contributed by atoms with Gasteiger partial charge in [0, 0.05) is 6.54 Å². The first-order chi connectivity index (χ1) is 10.7. The van der Waals surface area contributed by atoms with E-state index in [1.807, 2.05) is 20.8 Å². The third-order valence-corrected chi connectivity index (χ3v) is 4.56. The van der Waals surface area contributed by atoms with E-state index in [9.17, 15) is 14.4 Å². The fourth-order valence-electron chi connectivity index (χ4n) is 3.25. The third kappa shape index (κ3) is 4.03. The number of esters is 2. The van der Waals surface area contributed by atoms with E-state index in [1.54, 1.807) is 4.90 Å². The van der Waals surface area contributed by atoms with Crippen molar-refractivity contribution < 1.29 is 23.9 Å². The van der Waals surface area contributed by atoms with Gasteiger partial charge in [0.15, 0.2) is 0 Å². The summed E-state index contributed by atoms with van der Waals surface area (Å²) in [6, 6.07) is -0.533. The number of hydrogen-bond donors (Lipinski definition) is 0. The van der Waals surface area contributed by atoms with Crippen LogP contribution in [0.5, 0.6) is 0 Å². The molecular formula is C17H27NO5. The van der Waals surface area contributed by atoms with Gasteiger partial charge in [0.05, 0.1) is 18.9 Å². The summed E-state index contributed by atoms with van der Waals surface area (Å²) in [5.74, 6) is -1.51. The maximum atomic E-state index is 12.8. The second-order valence-electron chi connectivity index (χ2n) is 7.39. The lowest BCUT2D eigenvalue weighted by Crippen LogP contribution is -2.55. The summed E-state index contributed by atoms with van der Waals surface area (Å²) in [6.07, 6.45) is 3.75. The van der Waals surface area contributed by atoms with Crippen LogP contribution in [0.25, 0.3) is 0 Å². The molecule has 0 unspecified atom stereocenters. The third-order valence-electron chi connectivity index (χ3n) is 4.56.